The van der Waals surface area contributed by atoms with Gasteiger partial charge in [-0.15, -0.1) is 0 Å². The van der Waals surface area contributed by atoms with E-state index in [0.29, 0.717) is 34.3 Å². The quantitative estimate of drug-likeness (QED) is 0.238. The Morgan fingerprint density at radius 2 is 1.79 bits per heavy atom. The molecule has 5 amide bonds. The lowest BCUT2D eigenvalue weighted by Crippen LogP contribution is -2.61. The fraction of sp³-hybridized carbons (Fsp3) is 0.333. The zero-order valence-corrected chi connectivity index (χ0v) is 28.2. The Morgan fingerprint density at radius 1 is 0.981 bits per heavy atom. The average Bonchev–Trinajstić information content (AvgIpc) is 3.82. The Bertz CT molecular complexity index is 2320. The number of likely N-dealkylation sites (tertiary alicyclic amines) is 1. The van der Waals surface area contributed by atoms with Gasteiger partial charge in [-0.3, -0.25) is 43.8 Å². The molecule has 264 valence electrons. The molecule has 1 atom stereocenters. The second kappa shape index (κ2) is 12.3. The van der Waals surface area contributed by atoms with E-state index >= 15 is 0 Å². The van der Waals surface area contributed by atoms with E-state index in [0.717, 1.165) is 60.5 Å². The van der Waals surface area contributed by atoms with Gasteiger partial charge in [-0.05, 0) is 49.6 Å². The number of benzene rings is 2. The summed E-state index contributed by atoms with van der Waals surface area (Å²) in [4.78, 5) is 73.5. The van der Waals surface area contributed by atoms with Crippen molar-refractivity contribution in [3.05, 3.63) is 77.9 Å². The second-order valence-corrected chi connectivity index (χ2v) is 13.6. The maximum atomic E-state index is 13.3. The van der Waals surface area contributed by atoms with Crippen molar-refractivity contribution in [1.82, 2.24) is 39.5 Å². The lowest BCUT2D eigenvalue weighted by molar-refractivity contribution is -0.136. The third kappa shape index (κ3) is 5.25. The number of carbonyl (C=O) groups excluding carboxylic acids is 5. The number of imide groups is 2. The van der Waals surface area contributed by atoms with Crippen LogP contribution in [0.5, 0.6) is 5.75 Å². The predicted octanol–water partition coefficient (Wildman–Crippen LogP) is 2.27. The minimum Gasteiger partial charge on any atom is -0.494 e. The van der Waals surface area contributed by atoms with Crippen molar-refractivity contribution in [2.45, 2.75) is 43.8 Å². The molecule has 16 nitrogen and oxygen atoms in total. The Balaban J connectivity index is 0.822. The molecular weight excluding hydrogens is 668 g/mol. The molecule has 4 aliphatic heterocycles. The van der Waals surface area contributed by atoms with E-state index in [4.69, 9.17) is 9.84 Å². The highest BCUT2D eigenvalue weighted by Gasteiger charge is 2.45. The summed E-state index contributed by atoms with van der Waals surface area (Å²) in [5.41, 5.74) is 3.57. The van der Waals surface area contributed by atoms with Gasteiger partial charge in [0, 0.05) is 74.4 Å². The number of fused-ring (bicyclic) bond motifs is 3. The summed E-state index contributed by atoms with van der Waals surface area (Å²) in [6.07, 6.45) is 8.94. The number of hydrogen-bond acceptors (Lipinski definition) is 11. The second-order valence-electron chi connectivity index (χ2n) is 13.6. The monoisotopic (exact) mass is 702 g/mol. The summed E-state index contributed by atoms with van der Waals surface area (Å²) < 4.78 is 9.19. The van der Waals surface area contributed by atoms with Crippen molar-refractivity contribution in [1.29, 1.82) is 0 Å². The highest BCUT2D eigenvalue weighted by atomic mass is 16.5. The van der Waals surface area contributed by atoms with Gasteiger partial charge in [0.05, 0.1) is 41.7 Å². The standard InChI is InChI=1S/C36H34N10O6/c1-52-30-15-27-20(13-28(30)39-33(48)26-16-38-44-10-2-9-37-32(26)44)17-45(41-27)21-7-11-42(12-8-21)23-18-43(19-23)22-3-4-24-25(14-22)36(51)46(35(24)50)29-5-6-31(47)40-34(29)49/h2-4,9-10,13-17,21,23,29H,5-8,11-12,18-19H2,1H3,(H,39,48)(H,40,47,49). The Hall–Kier alpha value is -6.16. The number of methoxy groups -OCH3 is 1. The zero-order chi connectivity index (χ0) is 35.7. The number of aromatic nitrogens is 5. The van der Waals surface area contributed by atoms with Crippen molar-refractivity contribution < 1.29 is 28.7 Å². The molecule has 3 fully saturated rings. The van der Waals surface area contributed by atoms with Gasteiger partial charge in [-0.25, -0.2) is 9.50 Å². The minimum absolute atomic E-state index is 0.0851. The molecule has 16 heteroatoms. The van der Waals surface area contributed by atoms with E-state index in [-0.39, 0.29) is 30.4 Å². The molecule has 0 saturated carbocycles. The molecule has 0 spiro atoms. The van der Waals surface area contributed by atoms with Crippen LogP contribution in [0, 0.1) is 0 Å². The lowest BCUT2D eigenvalue weighted by Gasteiger charge is -2.48. The topological polar surface area (TPSA) is 176 Å². The summed E-state index contributed by atoms with van der Waals surface area (Å²) in [5.74, 6) is -1.84. The number of anilines is 2. The highest BCUT2D eigenvalue weighted by Crippen LogP contribution is 2.35. The van der Waals surface area contributed by atoms with Crippen LogP contribution >= 0.6 is 0 Å². The first kappa shape index (κ1) is 31.8. The third-order valence-electron chi connectivity index (χ3n) is 10.7. The van der Waals surface area contributed by atoms with Crippen LogP contribution in [0.1, 0.15) is 62.8 Å². The van der Waals surface area contributed by atoms with Crippen LogP contribution in [-0.4, -0.2) is 109 Å². The number of rotatable bonds is 7. The van der Waals surface area contributed by atoms with Gasteiger partial charge in [0.1, 0.15) is 17.4 Å². The first-order valence-corrected chi connectivity index (χ1v) is 17.3. The molecule has 3 aromatic heterocycles. The normalized spacial score (nSPS) is 20.1. The van der Waals surface area contributed by atoms with E-state index in [9.17, 15) is 24.0 Å². The molecule has 9 rings (SSSR count). The summed E-state index contributed by atoms with van der Waals surface area (Å²) in [6, 6.07) is 10.3. The van der Waals surface area contributed by atoms with Crippen LogP contribution in [0.2, 0.25) is 0 Å². The van der Waals surface area contributed by atoms with Gasteiger partial charge in [-0.1, -0.05) is 0 Å². The van der Waals surface area contributed by atoms with E-state index in [2.05, 4.69) is 30.5 Å². The van der Waals surface area contributed by atoms with Crippen molar-refractivity contribution in [2.24, 2.45) is 0 Å². The maximum absolute atomic E-state index is 13.3. The molecule has 1 unspecified atom stereocenters. The first-order chi connectivity index (χ1) is 25.2. The van der Waals surface area contributed by atoms with Crippen LogP contribution in [-0.2, 0) is 9.59 Å². The zero-order valence-electron chi connectivity index (χ0n) is 28.2. The van der Waals surface area contributed by atoms with E-state index < -0.39 is 29.7 Å². The minimum atomic E-state index is -0.981. The van der Waals surface area contributed by atoms with Gasteiger partial charge in [0.15, 0.2) is 5.65 Å². The summed E-state index contributed by atoms with van der Waals surface area (Å²) in [6.45, 7) is 3.42. The smallest absolute Gasteiger partial charge is 0.262 e. The number of hydrogen-bond donors (Lipinski definition) is 2. The van der Waals surface area contributed by atoms with Gasteiger partial charge in [0.25, 0.3) is 17.7 Å². The van der Waals surface area contributed by atoms with Crippen molar-refractivity contribution >= 4 is 57.5 Å². The van der Waals surface area contributed by atoms with Crippen molar-refractivity contribution in [3.63, 3.8) is 0 Å². The SMILES string of the molecule is COc1cc2nn(C3CCN(C4CN(c5ccc6c(c5)C(=O)N(C5CCC(=O)NC5=O)C6=O)C4)CC3)cc2cc1NC(=O)c1cnn2cccnc12. The molecule has 52 heavy (non-hydrogen) atoms. The Kier molecular flexibility index (Phi) is 7.50. The number of ether oxygens (including phenoxy) is 1. The largest absolute Gasteiger partial charge is 0.494 e. The van der Waals surface area contributed by atoms with Crippen LogP contribution in [0.4, 0.5) is 11.4 Å². The number of piperidine rings is 2. The summed E-state index contributed by atoms with van der Waals surface area (Å²) in [5, 5.41) is 15.2. The van der Waals surface area contributed by atoms with Crippen LogP contribution in [0.25, 0.3) is 16.6 Å². The van der Waals surface area contributed by atoms with Crippen molar-refractivity contribution in [3.8, 4) is 5.75 Å². The highest BCUT2D eigenvalue weighted by molar-refractivity contribution is 6.23. The van der Waals surface area contributed by atoms with Crippen molar-refractivity contribution in [2.75, 3.05) is 43.5 Å². The number of nitrogens with one attached hydrogen (secondary N) is 2. The van der Waals surface area contributed by atoms with Gasteiger partial charge in [-0.2, -0.15) is 10.2 Å². The van der Waals surface area contributed by atoms with E-state index in [1.807, 2.05) is 29.1 Å². The first-order valence-electron chi connectivity index (χ1n) is 17.3. The summed E-state index contributed by atoms with van der Waals surface area (Å²) in [7, 11) is 1.56. The molecular formula is C36H34N10O6. The van der Waals surface area contributed by atoms with E-state index in [1.54, 1.807) is 42.2 Å². The fourth-order valence-electron chi connectivity index (χ4n) is 7.77. The molecule has 3 saturated heterocycles. The van der Waals surface area contributed by atoms with Crippen LogP contribution < -0.4 is 20.3 Å². The molecule has 4 aliphatic rings. The predicted molar refractivity (Wildman–Crippen MR) is 186 cm³/mol. The molecule has 7 heterocycles. The Labute approximate surface area is 296 Å². The number of amides is 5. The van der Waals surface area contributed by atoms with Gasteiger partial charge in [0.2, 0.25) is 11.8 Å². The fourth-order valence-corrected chi connectivity index (χ4v) is 7.77. The number of nitrogens with zero attached hydrogens (tertiary/aromatic N) is 8. The summed E-state index contributed by atoms with van der Waals surface area (Å²) >= 11 is 0. The maximum Gasteiger partial charge on any atom is 0.262 e. The lowest BCUT2D eigenvalue weighted by atomic mass is 9.98. The molecule has 2 aromatic carbocycles. The van der Waals surface area contributed by atoms with Gasteiger partial charge >= 0.3 is 0 Å². The molecule has 0 bridgehead atoms. The molecule has 0 aliphatic carbocycles. The molecule has 5 aromatic rings. The number of carbonyl (C=O) groups is 5. The molecule has 2 N–H and O–H groups in total. The van der Waals surface area contributed by atoms with Crippen LogP contribution in [0.15, 0.2) is 61.2 Å². The van der Waals surface area contributed by atoms with E-state index in [1.165, 1.54) is 6.20 Å². The average molecular weight is 703 g/mol. The van der Waals surface area contributed by atoms with Crippen LogP contribution in [0.3, 0.4) is 0 Å². The van der Waals surface area contributed by atoms with Gasteiger partial charge < -0.3 is 15.0 Å². The molecule has 0 radical (unpaired) electrons. The Morgan fingerprint density at radius 3 is 2.58 bits per heavy atom. The third-order valence-corrected chi connectivity index (χ3v) is 10.7.